The first-order chi connectivity index (χ1) is 7.72. The molecule has 0 saturated carbocycles. The first-order valence-electron chi connectivity index (χ1n) is 4.53. The van der Waals surface area contributed by atoms with Crippen LogP contribution in [-0.4, -0.2) is 9.91 Å². The monoisotopic (exact) mass is 234 g/mol. The molecule has 0 unspecified atom stereocenters. The third kappa shape index (κ3) is 1.87. The van der Waals surface area contributed by atoms with Crippen LogP contribution >= 0.6 is 11.6 Å². The van der Waals surface area contributed by atoms with E-state index in [-0.39, 0.29) is 5.82 Å². The van der Waals surface area contributed by atoms with Crippen molar-refractivity contribution in [3.8, 4) is 0 Å². The molecule has 80 valence electrons. The van der Waals surface area contributed by atoms with Crippen LogP contribution in [0, 0.1) is 10.1 Å². The van der Waals surface area contributed by atoms with Gasteiger partial charge >= 0.3 is 5.82 Å². The van der Waals surface area contributed by atoms with Gasteiger partial charge < -0.3 is 10.1 Å². The SMILES string of the molecule is O=[N+]([O-])c1cc(/C=C/Cl)c2ccccc2n1. The van der Waals surface area contributed by atoms with Gasteiger partial charge in [-0.1, -0.05) is 23.7 Å². The van der Waals surface area contributed by atoms with Crippen LogP contribution in [0.2, 0.25) is 0 Å². The molecule has 5 heteroatoms. The Bertz CT molecular complexity index is 581. The molecular weight excluding hydrogens is 228 g/mol. The lowest BCUT2D eigenvalue weighted by atomic mass is 10.1. The Labute approximate surface area is 96.3 Å². The van der Waals surface area contributed by atoms with Gasteiger partial charge in [0.2, 0.25) is 0 Å². The first-order valence-corrected chi connectivity index (χ1v) is 4.97. The number of hydrogen-bond acceptors (Lipinski definition) is 3. The lowest BCUT2D eigenvalue weighted by molar-refractivity contribution is -0.389. The summed E-state index contributed by atoms with van der Waals surface area (Å²) in [7, 11) is 0. The van der Waals surface area contributed by atoms with Crippen molar-refractivity contribution in [3.63, 3.8) is 0 Å². The quantitative estimate of drug-likeness (QED) is 0.591. The predicted molar refractivity (Wildman–Crippen MR) is 63.3 cm³/mol. The predicted octanol–water partition coefficient (Wildman–Crippen LogP) is 3.35. The van der Waals surface area contributed by atoms with Gasteiger partial charge in [-0.15, -0.1) is 0 Å². The Morgan fingerprint density at radius 1 is 1.38 bits per heavy atom. The summed E-state index contributed by atoms with van der Waals surface area (Å²) >= 11 is 5.50. The molecule has 0 aliphatic carbocycles. The van der Waals surface area contributed by atoms with E-state index in [9.17, 15) is 10.1 Å². The maximum absolute atomic E-state index is 10.7. The van der Waals surface area contributed by atoms with Crippen LogP contribution in [0.5, 0.6) is 0 Å². The highest BCUT2D eigenvalue weighted by atomic mass is 35.5. The van der Waals surface area contributed by atoms with Crippen molar-refractivity contribution in [2.75, 3.05) is 0 Å². The van der Waals surface area contributed by atoms with E-state index in [2.05, 4.69) is 4.98 Å². The van der Waals surface area contributed by atoms with Crippen LogP contribution < -0.4 is 0 Å². The van der Waals surface area contributed by atoms with Gasteiger partial charge in [0.25, 0.3) is 0 Å². The fourth-order valence-corrected chi connectivity index (χ4v) is 1.62. The summed E-state index contributed by atoms with van der Waals surface area (Å²) in [6.45, 7) is 0. The molecular formula is C11H7ClN2O2. The molecule has 2 aromatic rings. The summed E-state index contributed by atoms with van der Waals surface area (Å²) in [5, 5.41) is 11.5. The van der Waals surface area contributed by atoms with Gasteiger partial charge in [-0.05, 0) is 33.7 Å². The van der Waals surface area contributed by atoms with Crippen molar-refractivity contribution >= 4 is 34.4 Å². The minimum absolute atomic E-state index is 0.177. The number of hydrogen-bond donors (Lipinski definition) is 0. The maximum atomic E-state index is 10.7. The molecule has 0 aliphatic heterocycles. The molecule has 0 aliphatic rings. The van der Waals surface area contributed by atoms with Crippen molar-refractivity contribution in [1.29, 1.82) is 0 Å². The molecule has 0 radical (unpaired) electrons. The van der Waals surface area contributed by atoms with E-state index in [4.69, 9.17) is 11.6 Å². The molecule has 0 N–H and O–H groups in total. The largest absolute Gasteiger partial charge is 0.364 e. The smallest absolute Gasteiger partial charge is 0.358 e. The Balaban J connectivity index is 2.78. The van der Waals surface area contributed by atoms with Gasteiger partial charge in [0.05, 0.1) is 0 Å². The van der Waals surface area contributed by atoms with Gasteiger partial charge in [0, 0.05) is 17.0 Å². The fourth-order valence-electron chi connectivity index (χ4n) is 1.49. The third-order valence-electron chi connectivity index (χ3n) is 2.16. The van der Waals surface area contributed by atoms with Gasteiger partial charge in [-0.25, -0.2) is 0 Å². The van der Waals surface area contributed by atoms with Gasteiger partial charge in [0.15, 0.2) is 5.52 Å². The zero-order chi connectivity index (χ0) is 11.5. The Morgan fingerprint density at radius 2 is 2.12 bits per heavy atom. The average molecular weight is 235 g/mol. The summed E-state index contributed by atoms with van der Waals surface area (Å²) in [4.78, 5) is 14.1. The molecule has 0 atom stereocenters. The van der Waals surface area contributed by atoms with Crippen molar-refractivity contribution in [1.82, 2.24) is 4.98 Å². The highest BCUT2D eigenvalue weighted by molar-refractivity contribution is 6.27. The molecule has 4 nitrogen and oxygen atoms in total. The van der Waals surface area contributed by atoms with Crippen molar-refractivity contribution < 1.29 is 4.92 Å². The van der Waals surface area contributed by atoms with Gasteiger partial charge in [0.1, 0.15) is 0 Å². The summed E-state index contributed by atoms with van der Waals surface area (Å²) in [5.41, 5.74) is 2.60. The normalized spacial score (nSPS) is 11.1. The van der Waals surface area contributed by atoms with E-state index >= 15 is 0 Å². The van der Waals surface area contributed by atoms with Crippen LogP contribution in [0.1, 0.15) is 5.56 Å². The third-order valence-corrected chi connectivity index (χ3v) is 2.29. The first kappa shape index (κ1) is 10.6. The van der Waals surface area contributed by atoms with E-state index in [1.54, 1.807) is 18.2 Å². The second-order valence-corrected chi connectivity index (χ2v) is 3.39. The molecule has 0 fully saturated rings. The molecule has 0 spiro atoms. The van der Waals surface area contributed by atoms with E-state index in [1.165, 1.54) is 11.6 Å². The van der Waals surface area contributed by atoms with Gasteiger partial charge in [-0.2, -0.15) is 0 Å². The molecule has 1 heterocycles. The summed E-state index contributed by atoms with van der Waals surface area (Å²) in [6, 6.07) is 8.61. The zero-order valence-corrected chi connectivity index (χ0v) is 8.89. The molecule has 2 rings (SSSR count). The average Bonchev–Trinajstić information content (AvgIpc) is 2.29. The number of nitrogens with zero attached hydrogens (tertiary/aromatic N) is 2. The van der Waals surface area contributed by atoms with Crippen molar-refractivity contribution in [2.45, 2.75) is 0 Å². The second-order valence-electron chi connectivity index (χ2n) is 3.14. The molecule has 0 saturated heterocycles. The minimum atomic E-state index is -0.516. The fraction of sp³-hybridized carbons (Fsp3) is 0. The summed E-state index contributed by atoms with van der Waals surface area (Å²) < 4.78 is 0. The molecule has 0 bridgehead atoms. The lowest BCUT2D eigenvalue weighted by Gasteiger charge is -1.99. The Kier molecular flexibility index (Phi) is 2.83. The Morgan fingerprint density at radius 3 is 2.81 bits per heavy atom. The van der Waals surface area contributed by atoms with Crippen LogP contribution in [0.3, 0.4) is 0 Å². The number of nitro groups is 1. The molecule has 0 amide bonds. The highest BCUT2D eigenvalue weighted by Gasteiger charge is 2.12. The molecule has 16 heavy (non-hydrogen) atoms. The van der Waals surface area contributed by atoms with Crippen LogP contribution in [0.4, 0.5) is 5.82 Å². The number of fused-ring (bicyclic) bond motifs is 1. The number of para-hydroxylation sites is 1. The number of rotatable bonds is 2. The number of pyridine rings is 1. The Hall–Kier alpha value is -1.94. The molecule has 1 aromatic carbocycles. The van der Waals surface area contributed by atoms with E-state index in [0.29, 0.717) is 11.1 Å². The zero-order valence-electron chi connectivity index (χ0n) is 8.13. The molecule has 1 aromatic heterocycles. The van der Waals surface area contributed by atoms with E-state index in [0.717, 1.165) is 5.39 Å². The second kappa shape index (κ2) is 4.28. The van der Waals surface area contributed by atoms with Crippen LogP contribution in [0.25, 0.3) is 17.0 Å². The maximum Gasteiger partial charge on any atom is 0.364 e. The minimum Gasteiger partial charge on any atom is -0.358 e. The van der Waals surface area contributed by atoms with Crippen molar-refractivity contribution in [2.24, 2.45) is 0 Å². The number of aromatic nitrogens is 1. The number of benzene rings is 1. The van der Waals surface area contributed by atoms with Crippen LogP contribution in [-0.2, 0) is 0 Å². The highest BCUT2D eigenvalue weighted by Crippen LogP contribution is 2.23. The van der Waals surface area contributed by atoms with Gasteiger partial charge in [-0.3, -0.25) is 0 Å². The topological polar surface area (TPSA) is 56.0 Å². The number of halogens is 1. The summed E-state index contributed by atoms with van der Waals surface area (Å²) in [5.74, 6) is -0.177. The lowest BCUT2D eigenvalue weighted by Crippen LogP contribution is -1.93. The van der Waals surface area contributed by atoms with E-state index in [1.807, 2.05) is 12.1 Å². The van der Waals surface area contributed by atoms with Crippen molar-refractivity contribution in [3.05, 3.63) is 51.5 Å². The summed E-state index contributed by atoms with van der Waals surface area (Å²) in [6.07, 6.45) is 1.61. The van der Waals surface area contributed by atoms with E-state index < -0.39 is 4.92 Å². The standard InChI is InChI=1S/C11H7ClN2O2/c12-6-5-8-7-11(14(15)16)13-10-4-2-1-3-9(8)10/h1-7H/b6-5+. The van der Waals surface area contributed by atoms with Crippen LogP contribution in [0.15, 0.2) is 35.9 Å².